The molecule has 0 heterocycles. The minimum Gasteiger partial charge on any atom is -0.315 e. The lowest BCUT2D eigenvalue weighted by molar-refractivity contribution is 0.447. The number of hydrogen-bond donors (Lipinski definition) is 1. The first kappa shape index (κ1) is 8.55. The van der Waals surface area contributed by atoms with Crippen LogP contribution in [0.5, 0.6) is 0 Å². The predicted molar refractivity (Wildman–Crippen MR) is 45.1 cm³/mol. The molecule has 0 aromatic rings. The van der Waals surface area contributed by atoms with Crippen molar-refractivity contribution in [1.29, 1.82) is 5.26 Å². The van der Waals surface area contributed by atoms with Gasteiger partial charge >= 0.3 is 0 Å². The van der Waals surface area contributed by atoms with Crippen LogP contribution in [0.3, 0.4) is 0 Å². The van der Waals surface area contributed by atoms with Crippen LogP contribution in [0.2, 0.25) is 0 Å². The molecule has 1 aliphatic rings. The Labute approximate surface area is 68.6 Å². The topological polar surface area (TPSA) is 35.8 Å². The summed E-state index contributed by atoms with van der Waals surface area (Å²) in [6.45, 7) is 4.22. The maximum atomic E-state index is 8.28. The van der Waals surface area contributed by atoms with Crippen molar-refractivity contribution in [3.63, 3.8) is 0 Å². The molecule has 0 aromatic carbocycles. The summed E-state index contributed by atoms with van der Waals surface area (Å²) in [6.07, 6.45) is 4.68. The highest BCUT2D eigenvalue weighted by atomic mass is 14.9. The van der Waals surface area contributed by atoms with Gasteiger partial charge in [0, 0.05) is 19.5 Å². The number of hydrogen-bond acceptors (Lipinski definition) is 2. The third-order valence-corrected chi connectivity index (χ3v) is 2.62. The second-order valence-corrected chi connectivity index (χ2v) is 3.44. The molecule has 0 atom stereocenters. The van der Waals surface area contributed by atoms with Crippen LogP contribution in [0, 0.1) is 16.7 Å². The maximum absolute atomic E-state index is 8.28. The number of nitrogens with one attached hydrogen (secondary N) is 1. The first-order chi connectivity index (χ1) is 5.33. The quantitative estimate of drug-likeness (QED) is 0.608. The largest absolute Gasteiger partial charge is 0.315 e. The summed E-state index contributed by atoms with van der Waals surface area (Å²) in [6, 6.07) is 2.13. The molecule has 0 bridgehead atoms. The summed E-state index contributed by atoms with van der Waals surface area (Å²) in [5.41, 5.74) is 0.620. The summed E-state index contributed by atoms with van der Waals surface area (Å²) in [7, 11) is 0. The second kappa shape index (κ2) is 3.73. The van der Waals surface area contributed by atoms with E-state index >= 15 is 0 Å². The van der Waals surface area contributed by atoms with E-state index in [1.54, 1.807) is 0 Å². The Hall–Kier alpha value is -0.550. The van der Waals surface area contributed by atoms with Gasteiger partial charge in [0.15, 0.2) is 0 Å². The van der Waals surface area contributed by atoms with Crippen LogP contribution in [0.25, 0.3) is 0 Å². The van der Waals surface area contributed by atoms with Gasteiger partial charge in [-0.1, -0.05) is 6.92 Å². The molecule has 1 saturated carbocycles. The van der Waals surface area contributed by atoms with E-state index in [2.05, 4.69) is 18.3 Å². The lowest BCUT2D eigenvalue weighted by atomic mass is 10.0. The van der Waals surface area contributed by atoms with Gasteiger partial charge < -0.3 is 5.32 Å². The first-order valence-corrected chi connectivity index (χ1v) is 4.41. The van der Waals surface area contributed by atoms with Crippen LogP contribution >= 0.6 is 0 Å². The summed E-state index contributed by atoms with van der Waals surface area (Å²) in [4.78, 5) is 0. The Balaban J connectivity index is 2.00. The van der Waals surface area contributed by atoms with Crippen molar-refractivity contribution < 1.29 is 0 Å². The second-order valence-electron chi connectivity index (χ2n) is 3.44. The minimum atomic E-state index is 0.620. The Morgan fingerprint density at radius 2 is 2.27 bits per heavy atom. The van der Waals surface area contributed by atoms with E-state index in [1.807, 2.05) is 0 Å². The molecule has 62 valence electrons. The standard InChI is InChI=1S/C9H16N2/c1-2-9(4-5-9)8-11-7-3-6-10/h11H,2-5,7-8H2,1H3. The average molecular weight is 152 g/mol. The van der Waals surface area contributed by atoms with Gasteiger partial charge in [0.05, 0.1) is 6.07 Å². The van der Waals surface area contributed by atoms with Crippen LogP contribution in [-0.2, 0) is 0 Å². The molecule has 0 radical (unpaired) electrons. The van der Waals surface area contributed by atoms with Crippen LogP contribution in [0.15, 0.2) is 0 Å². The summed E-state index contributed by atoms with van der Waals surface area (Å²) < 4.78 is 0. The van der Waals surface area contributed by atoms with Crippen molar-refractivity contribution in [2.24, 2.45) is 5.41 Å². The maximum Gasteiger partial charge on any atom is 0.0635 e. The Morgan fingerprint density at radius 1 is 1.55 bits per heavy atom. The zero-order valence-corrected chi connectivity index (χ0v) is 7.19. The lowest BCUT2D eigenvalue weighted by Gasteiger charge is -2.11. The van der Waals surface area contributed by atoms with Crippen LogP contribution in [0.4, 0.5) is 0 Å². The minimum absolute atomic E-state index is 0.620. The number of rotatable bonds is 5. The fourth-order valence-corrected chi connectivity index (χ4v) is 1.33. The third kappa shape index (κ3) is 2.51. The van der Waals surface area contributed by atoms with Gasteiger partial charge in [0.1, 0.15) is 0 Å². The Bertz CT molecular complexity index is 153. The van der Waals surface area contributed by atoms with Crippen molar-refractivity contribution in [1.82, 2.24) is 5.32 Å². The molecule has 1 aliphatic carbocycles. The zero-order chi connectivity index (χ0) is 8.16. The van der Waals surface area contributed by atoms with Crippen LogP contribution < -0.4 is 5.32 Å². The molecule has 0 saturated heterocycles. The van der Waals surface area contributed by atoms with E-state index in [4.69, 9.17) is 5.26 Å². The predicted octanol–water partition coefficient (Wildman–Crippen LogP) is 1.68. The van der Waals surface area contributed by atoms with E-state index in [-0.39, 0.29) is 0 Å². The van der Waals surface area contributed by atoms with Crippen LogP contribution in [-0.4, -0.2) is 13.1 Å². The molecule has 0 aliphatic heterocycles. The molecule has 0 aromatic heterocycles. The van der Waals surface area contributed by atoms with E-state index < -0.39 is 0 Å². The highest BCUT2D eigenvalue weighted by Gasteiger charge is 2.39. The van der Waals surface area contributed by atoms with Gasteiger partial charge in [-0.25, -0.2) is 0 Å². The normalized spacial score (nSPS) is 19.3. The number of nitriles is 1. The highest BCUT2D eigenvalue weighted by molar-refractivity contribution is 4.93. The van der Waals surface area contributed by atoms with E-state index in [0.29, 0.717) is 11.8 Å². The van der Waals surface area contributed by atoms with Crippen molar-refractivity contribution >= 4 is 0 Å². The smallest absolute Gasteiger partial charge is 0.0635 e. The third-order valence-electron chi connectivity index (χ3n) is 2.62. The molecular formula is C9H16N2. The van der Waals surface area contributed by atoms with Gasteiger partial charge in [-0.05, 0) is 24.7 Å². The monoisotopic (exact) mass is 152 g/mol. The highest BCUT2D eigenvalue weighted by Crippen LogP contribution is 2.47. The summed E-state index contributed by atoms with van der Waals surface area (Å²) in [5, 5.41) is 11.6. The molecule has 2 nitrogen and oxygen atoms in total. The molecule has 1 fully saturated rings. The SMILES string of the molecule is CCC1(CNCCC#N)CC1. The van der Waals surface area contributed by atoms with Crippen LogP contribution in [0.1, 0.15) is 32.6 Å². The first-order valence-electron chi connectivity index (χ1n) is 4.41. The van der Waals surface area contributed by atoms with Gasteiger partial charge in [0.25, 0.3) is 0 Å². The Kier molecular flexibility index (Phi) is 2.90. The molecule has 2 heteroatoms. The zero-order valence-electron chi connectivity index (χ0n) is 7.19. The van der Waals surface area contributed by atoms with Crippen molar-refractivity contribution in [2.75, 3.05) is 13.1 Å². The van der Waals surface area contributed by atoms with E-state index in [0.717, 1.165) is 13.1 Å². The van der Waals surface area contributed by atoms with Gasteiger partial charge in [0.2, 0.25) is 0 Å². The summed E-state index contributed by atoms with van der Waals surface area (Å²) >= 11 is 0. The average Bonchev–Trinajstić information content (AvgIpc) is 2.80. The number of nitrogens with zero attached hydrogens (tertiary/aromatic N) is 1. The molecular weight excluding hydrogens is 136 g/mol. The van der Waals surface area contributed by atoms with E-state index in [1.165, 1.54) is 19.3 Å². The molecule has 1 rings (SSSR count). The fraction of sp³-hybridized carbons (Fsp3) is 0.889. The van der Waals surface area contributed by atoms with Gasteiger partial charge in [-0.2, -0.15) is 5.26 Å². The van der Waals surface area contributed by atoms with Gasteiger partial charge in [-0.3, -0.25) is 0 Å². The molecule has 11 heavy (non-hydrogen) atoms. The fourth-order valence-electron chi connectivity index (χ4n) is 1.33. The molecule has 0 unspecified atom stereocenters. The molecule has 0 spiro atoms. The summed E-state index contributed by atoms with van der Waals surface area (Å²) in [5.74, 6) is 0. The van der Waals surface area contributed by atoms with Crippen molar-refractivity contribution in [2.45, 2.75) is 32.6 Å². The lowest BCUT2D eigenvalue weighted by Crippen LogP contribution is -2.24. The Morgan fingerprint density at radius 3 is 2.73 bits per heavy atom. The molecule has 0 amide bonds. The van der Waals surface area contributed by atoms with Crippen molar-refractivity contribution in [3.05, 3.63) is 0 Å². The molecule has 1 N–H and O–H groups in total. The van der Waals surface area contributed by atoms with Crippen molar-refractivity contribution in [3.8, 4) is 6.07 Å². The van der Waals surface area contributed by atoms with Gasteiger partial charge in [-0.15, -0.1) is 0 Å². The van der Waals surface area contributed by atoms with E-state index in [9.17, 15) is 0 Å².